The molecule has 138 valence electrons. The Balaban J connectivity index is 1.70. The zero-order valence-electron chi connectivity index (χ0n) is 15.5. The minimum Gasteiger partial charge on any atom is -0.363 e. The molecular weight excluding hydrogens is 334 g/mol. The third kappa shape index (κ3) is 3.66. The molecule has 0 aliphatic carbocycles. The van der Waals surface area contributed by atoms with E-state index in [1.807, 2.05) is 32.0 Å². The van der Waals surface area contributed by atoms with E-state index >= 15 is 0 Å². The van der Waals surface area contributed by atoms with Crippen molar-refractivity contribution in [2.45, 2.75) is 6.92 Å². The van der Waals surface area contributed by atoms with E-state index in [1.165, 1.54) is 23.9 Å². The fraction of sp³-hybridized carbons (Fsp3) is 0.471. The van der Waals surface area contributed by atoms with Crippen molar-refractivity contribution in [3.63, 3.8) is 0 Å². The Morgan fingerprint density at radius 2 is 1.81 bits per heavy atom. The zero-order chi connectivity index (χ0) is 18.8. The van der Waals surface area contributed by atoms with Crippen LogP contribution in [-0.4, -0.2) is 70.8 Å². The summed E-state index contributed by atoms with van der Waals surface area (Å²) in [5, 5.41) is 4.04. The SMILES string of the molecule is Cc1nc(N(C)C)cc(N2CCN(C(=O)c3ccc(=O)n(C)n3)CC2)n1. The number of carbonyl (C=O) groups excluding carboxylic acids is 1. The van der Waals surface area contributed by atoms with Gasteiger partial charge >= 0.3 is 0 Å². The lowest BCUT2D eigenvalue weighted by atomic mass is 10.2. The molecule has 0 spiro atoms. The lowest BCUT2D eigenvalue weighted by Gasteiger charge is -2.35. The maximum absolute atomic E-state index is 12.6. The van der Waals surface area contributed by atoms with Crippen LogP contribution in [-0.2, 0) is 7.05 Å². The minimum absolute atomic E-state index is 0.159. The highest BCUT2D eigenvalue weighted by Gasteiger charge is 2.24. The summed E-state index contributed by atoms with van der Waals surface area (Å²) < 4.78 is 1.18. The molecule has 1 saturated heterocycles. The van der Waals surface area contributed by atoms with Crippen LogP contribution in [0.2, 0.25) is 0 Å². The second-order valence-corrected chi connectivity index (χ2v) is 6.49. The maximum Gasteiger partial charge on any atom is 0.274 e. The first kappa shape index (κ1) is 17.8. The largest absolute Gasteiger partial charge is 0.363 e. The van der Waals surface area contributed by atoms with Gasteiger partial charge in [0.15, 0.2) is 0 Å². The van der Waals surface area contributed by atoms with Gasteiger partial charge in [0.1, 0.15) is 23.2 Å². The number of rotatable bonds is 3. The van der Waals surface area contributed by atoms with Crippen LogP contribution in [0.15, 0.2) is 23.0 Å². The molecule has 0 atom stereocenters. The van der Waals surface area contributed by atoms with Gasteiger partial charge < -0.3 is 14.7 Å². The van der Waals surface area contributed by atoms with Gasteiger partial charge in [0.05, 0.1) is 0 Å². The van der Waals surface area contributed by atoms with Crippen molar-refractivity contribution in [3.8, 4) is 0 Å². The third-order valence-corrected chi connectivity index (χ3v) is 4.34. The van der Waals surface area contributed by atoms with Crippen LogP contribution in [0.1, 0.15) is 16.3 Å². The predicted octanol–water partition coefficient (Wildman–Crippen LogP) is -0.0929. The Hall–Kier alpha value is -2.97. The molecule has 9 nitrogen and oxygen atoms in total. The first-order chi connectivity index (χ1) is 12.3. The van der Waals surface area contributed by atoms with Gasteiger partial charge in [0, 0.05) is 59.5 Å². The fourth-order valence-corrected chi connectivity index (χ4v) is 2.84. The monoisotopic (exact) mass is 357 g/mol. The van der Waals surface area contributed by atoms with Crippen LogP contribution < -0.4 is 15.4 Å². The minimum atomic E-state index is -0.234. The van der Waals surface area contributed by atoms with Gasteiger partial charge in [-0.05, 0) is 13.0 Å². The quantitative estimate of drug-likeness (QED) is 0.758. The third-order valence-electron chi connectivity index (χ3n) is 4.34. The highest BCUT2D eigenvalue weighted by atomic mass is 16.2. The molecule has 0 radical (unpaired) electrons. The van der Waals surface area contributed by atoms with Crippen molar-refractivity contribution in [1.29, 1.82) is 0 Å². The molecule has 0 bridgehead atoms. The predicted molar refractivity (Wildman–Crippen MR) is 98.7 cm³/mol. The van der Waals surface area contributed by atoms with Gasteiger partial charge in [0.25, 0.3) is 11.5 Å². The summed E-state index contributed by atoms with van der Waals surface area (Å²) in [5.74, 6) is 2.29. The summed E-state index contributed by atoms with van der Waals surface area (Å²) in [6.07, 6.45) is 0. The van der Waals surface area contributed by atoms with E-state index in [2.05, 4.69) is 20.0 Å². The molecule has 0 N–H and O–H groups in total. The molecule has 9 heteroatoms. The van der Waals surface area contributed by atoms with Crippen molar-refractivity contribution < 1.29 is 4.79 Å². The summed E-state index contributed by atoms with van der Waals surface area (Å²) in [6.45, 7) is 4.39. The molecule has 3 heterocycles. The standard InChI is InChI=1S/C17H23N7O2/c1-12-18-14(21(2)3)11-15(19-12)23-7-9-24(10-8-23)17(26)13-5-6-16(25)22(4)20-13/h5-6,11H,7-10H2,1-4H3. The molecule has 0 aromatic carbocycles. The average Bonchev–Trinajstić information content (AvgIpc) is 2.63. The van der Waals surface area contributed by atoms with Gasteiger partial charge in [-0.25, -0.2) is 14.6 Å². The number of hydrogen-bond acceptors (Lipinski definition) is 7. The van der Waals surface area contributed by atoms with E-state index in [-0.39, 0.29) is 17.2 Å². The molecule has 2 aromatic rings. The first-order valence-electron chi connectivity index (χ1n) is 8.47. The first-order valence-corrected chi connectivity index (χ1v) is 8.47. The normalized spacial score (nSPS) is 14.5. The van der Waals surface area contributed by atoms with E-state index in [1.54, 1.807) is 4.90 Å². The molecule has 1 fully saturated rings. The van der Waals surface area contributed by atoms with Crippen molar-refractivity contribution in [3.05, 3.63) is 40.1 Å². The molecule has 26 heavy (non-hydrogen) atoms. The molecule has 1 aliphatic rings. The van der Waals surface area contributed by atoms with Gasteiger partial charge in [0.2, 0.25) is 0 Å². The summed E-state index contributed by atoms with van der Waals surface area (Å²) in [4.78, 5) is 38.8. The topological polar surface area (TPSA) is 87.5 Å². The Kier molecular flexibility index (Phi) is 4.88. The van der Waals surface area contributed by atoms with Crippen LogP contribution in [0, 0.1) is 6.92 Å². The highest BCUT2D eigenvalue weighted by Crippen LogP contribution is 2.19. The van der Waals surface area contributed by atoms with Gasteiger partial charge in [-0.15, -0.1) is 0 Å². The van der Waals surface area contributed by atoms with Gasteiger partial charge in [-0.2, -0.15) is 5.10 Å². The highest BCUT2D eigenvalue weighted by molar-refractivity contribution is 5.92. The second-order valence-electron chi connectivity index (χ2n) is 6.49. The number of aromatic nitrogens is 4. The van der Waals surface area contributed by atoms with Crippen LogP contribution in [0.4, 0.5) is 11.6 Å². The number of nitrogens with zero attached hydrogens (tertiary/aromatic N) is 7. The number of hydrogen-bond donors (Lipinski definition) is 0. The van der Waals surface area contributed by atoms with E-state index in [4.69, 9.17) is 0 Å². The van der Waals surface area contributed by atoms with E-state index in [9.17, 15) is 9.59 Å². The van der Waals surface area contributed by atoms with Crippen molar-refractivity contribution in [1.82, 2.24) is 24.6 Å². The number of aryl methyl sites for hydroxylation is 2. The lowest BCUT2D eigenvalue weighted by Crippen LogP contribution is -2.49. The molecule has 3 rings (SSSR count). The number of anilines is 2. The molecule has 1 amide bonds. The Morgan fingerprint density at radius 1 is 1.12 bits per heavy atom. The van der Waals surface area contributed by atoms with E-state index in [0.717, 1.165) is 17.5 Å². The van der Waals surface area contributed by atoms with Crippen molar-refractivity contribution in [2.24, 2.45) is 7.05 Å². The van der Waals surface area contributed by atoms with Crippen LogP contribution >= 0.6 is 0 Å². The molecular formula is C17H23N7O2. The van der Waals surface area contributed by atoms with Crippen molar-refractivity contribution >= 4 is 17.5 Å². The number of piperazine rings is 1. The summed E-state index contributed by atoms with van der Waals surface area (Å²) in [7, 11) is 5.43. The molecule has 1 aliphatic heterocycles. The van der Waals surface area contributed by atoms with Crippen LogP contribution in [0.5, 0.6) is 0 Å². The zero-order valence-corrected chi connectivity index (χ0v) is 15.5. The van der Waals surface area contributed by atoms with E-state index < -0.39 is 0 Å². The molecule has 0 saturated carbocycles. The second kappa shape index (κ2) is 7.11. The lowest BCUT2D eigenvalue weighted by molar-refractivity contribution is 0.0738. The maximum atomic E-state index is 12.6. The van der Waals surface area contributed by atoms with Crippen LogP contribution in [0.25, 0.3) is 0 Å². The summed E-state index contributed by atoms with van der Waals surface area (Å²) >= 11 is 0. The molecule has 0 unspecified atom stereocenters. The fourth-order valence-electron chi connectivity index (χ4n) is 2.84. The van der Waals surface area contributed by atoms with Crippen LogP contribution in [0.3, 0.4) is 0 Å². The summed E-state index contributed by atoms with van der Waals surface area (Å²) in [5.41, 5.74) is 0.0514. The summed E-state index contributed by atoms with van der Waals surface area (Å²) in [6, 6.07) is 4.80. The Morgan fingerprint density at radius 3 is 2.42 bits per heavy atom. The van der Waals surface area contributed by atoms with Gasteiger partial charge in [-0.3, -0.25) is 9.59 Å². The van der Waals surface area contributed by atoms with Crippen molar-refractivity contribution in [2.75, 3.05) is 50.1 Å². The number of amides is 1. The molecule has 2 aromatic heterocycles. The average molecular weight is 357 g/mol. The smallest absolute Gasteiger partial charge is 0.274 e. The van der Waals surface area contributed by atoms with Gasteiger partial charge in [-0.1, -0.05) is 0 Å². The number of carbonyl (C=O) groups is 1. The Bertz CT molecular complexity index is 870. The Labute approximate surface area is 151 Å². The van der Waals surface area contributed by atoms with E-state index in [0.29, 0.717) is 26.2 Å².